The molecule has 1 heterocycles. The Kier molecular flexibility index (Phi) is 2.95. The quantitative estimate of drug-likeness (QED) is 0.403. The summed E-state index contributed by atoms with van der Waals surface area (Å²) in [6, 6.07) is 15.4. The molecule has 0 amide bonds. The fourth-order valence-corrected chi connectivity index (χ4v) is 2.39. The molecule has 3 rings (SSSR count). The number of carbonyl (C=O) groups is 1. The van der Waals surface area contributed by atoms with Crippen LogP contribution < -0.4 is 0 Å². The van der Waals surface area contributed by atoms with Crippen molar-refractivity contribution in [3.8, 4) is 0 Å². The maximum absolute atomic E-state index is 11.9. The highest BCUT2D eigenvalue weighted by molar-refractivity contribution is 6.23. The van der Waals surface area contributed by atoms with Gasteiger partial charge in [0.2, 0.25) is 0 Å². The molecule has 0 fully saturated rings. The number of ether oxygens (including phenoxy) is 1. The third-order valence-electron chi connectivity index (χ3n) is 3.32. The minimum atomic E-state index is -0.425. The van der Waals surface area contributed by atoms with Crippen LogP contribution in [0, 0.1) is 0 Å². The summed E-state index contributed by atoms with van der Waals surface area (Å²) in [6.07, 6.45) is 0. The molecule has 0 saturated heterocycles. The first kappa shape index (κ1) is 12.4. The summed E-state index contributed by atoms with van der Waals surface area (Å²) < 4.78 is 4.81. The molecule has 0 aliphatic carbocycles. The Morgan fingerprint density at radius 1 is 1.00 bits per heavy atom. The van der Waals surface area contributed by atoms with Gasteiger partial charge in [-0.15, -0.1) is 0 Å². The second-order valence-electron chi connectivity index (χ2n) is 4.49. The van der Waals surface area contributed by atoms with E-state index in [1.165, 1.54) is 7.11 Å². The van der Waals surface area contributed by atoms with E-state index in [1.807, 2.05) is 48.5 Å². The summed E-state index contributed by atoms with van der Waals surface area (Å²) in [5, 5.41) is 1.81. The van der Waals surface area contributed by atoms with E-state index in [4.69, 9.17) is 4.74 Å². The molecule has 0 saturated carbocycles. The summed E-state index contributed by atoms with van der Waals surface area (Å²) in [7, 11) is 1.36. The van der Waals surface area contributed by atoms with Crippen LogP contribution in [-0.4, -0.2) is 18.1 Å². The number of carbonyl (C=O) groups excluding carboxylic acids is 1. The maximum Gasteiger partial charge on any atom is 0.337 e. The highest BCUT2D eigenvalue weighted by Gasteiger charge is 2.16. The van der Waals surface area contributed by atoms with Crippen molar-refractivity contribution in [3.05, 3.63) is 60.7 Å². The van der Waals surface area contributed by atoms with Crippen molar-refractivity contribution >= 4 is 33.3 Å². The molecule has 0 N–H and O–H groups in total. The SMILES string of the molecule is C=C(C(=O)OC)c1c2ccccc2nc2ccccc12. The fraction of sp³-hybridized carbons (Fsp3) is 0.0588. The number of aromatic nitrogens is 1. The average molecular weight is 263 g/mol. The Balaban J connectivity index is 2.45. The number of benzene rings is 2. The van der Waals surface area contributed by atoms with Crippen LogP contribution in [-0.2, 0) is 9.53 Å². The highest BCUT2D eigenvalue weighted by Crippen LogP contribution is 2.31. The predicted octanol–water partition coefficient (Wildman–Crippen LogP) is 3.57. The maximum atomic E-state index is 11.9. The van der Waals surface area contributed by atoms with Crippen LogP contribution in [0.15, 0.2) is 55.1 Å². The number of rotatable bonds is 2. The number of pyridine rings is 1. The minimum absolute atomic E-state index is 0.349. The van der Waals surface area contributed by atoms with Gasteiger partial charge in [-0.2, -0.15) is 0 Å². The van der Waals surface area contributed by atoms with Gasteiger partial charge in [0.05, 0.1) is 23.7 Å². The number of nitrogens with zero attached hydrogens (tertiary/aromatic N) is 1. The lowest BCUT2D eigenvalue weighted by Crippen LogP contribution is -2.04. The number of para-hydroxylation sites is 2. The van der Waals surface area contributed by atoms with Crippen molar-refractivity contribution < 1.29 is 9.53 Å². The second-order valence-corrected chi connectivity index (χ2v) is 4.49. The number of methoxy groups -OCH3 is 1. The van der Waals surface area contributed by atoms with Crippen LogP contribution in [0.4, 0.5) is 0 Å². The molecule has 20 heavy (non-hydrogen) atoms. The van der Waals surface area contributed by atoms with Crippen LogP contribution in [0.3, 0.4) is 0 Å². The Hall–Kier alpha value is -2.68. The van der Waals surface area contributed by atoms with Crippen molar-refractivity contribution in [3.63, 3.8) is 0 Å². The predicted molar refractivity (Wildman–Crippen MR) is 80.3 cm³/mol. The van der Waals surface area contributed by atoms with Gasteiger partial charge in [0.1, 0.15) is 0 Å². The standard InChI is InChI=1S/C17H13NO2/c1-11(17(19)20-2)16-12-7-3-5-9-14(12)18-15-10-6-4-8-13(15)16/h3-10H,1H2,2H3. The Labute approximate surface area is 116 Å². The van der Waals surface area contributed by atoms with Crippen LogP contribution in [0.5, 0.6) is 0 Å². The third kappa shape index (κ3) is 1.84. The molecule has 0 aliphatic rings. The fourth-order valence-electron chi connectivity index (χ4n) is 2.39. The minimum Gasteiger partial charge on any atom is -0.465 e. The van der Waals surface area contributed by atoms with Gasteiger partial charge in [-0.05, 0) is 12.1 Å². The van der Waals surface area contributed by atoms with Crippen molar-refractivity contribution in [2.24, 2.45) is 0 Å². The molecule has 3 nitrogen and oxygen atoms in total. The zero-order valence-electron chi connectivity index (χ0n) is 11.1. The highest BCUT2D eigenvalue weighted by atomic mass is 16.5. The van der Waals surface area contributed by atoms with Crippen molar-refractivity contribution in [1.82, 2.24) is 4.98 Å². The first-order valence-corrected chi connectivity index (χ1v) is 6.27. The molecule has 0 bridgehead atoms. The largest absolute Gasteiger partial charge is 0.465 e. The van der Waals surface area contributed by atoms with Crippen molar-refractivity contribution in [1.29, 1.82) is 0 Å². The Morgan fingerprint density at radius 3 is 2.00 bits per heavy atom. The van der Waals surface area contributed by atoms with E-state index in [1.54, 1.807) is 0 Å². The first-order valence-electron chi connectivity index (χ1n) is 6.27. The van der Waals surface area contributed by atoms with Gasteiger partial charge in [0.25, 0.3) is 0 Å². The molecule has 0 aliphatic heterocycles. The molecular formula is C17H13NO2. The van der Waals surface area contributed by atoms with Gasteiger partial charge in [0.15, 0.2) is 0 Å². The van der Waals surface area contributed by atoms with E-state index < -0.39 is 5.97 Å². The molecule has 0 unspecified atom stereocenters. The molecule has 0 radical (unpaired) electrons. The number of hydrogen-bond donors (Lipinski definition) is 0. The van der Waals surface area contributed by atoms with Gasteiger partial charge in [-0.3, -0.25) is 0 Å². The topological polar surface area (TPSA) is 39.2 Å². The van der Waals surface area contributed by atoms with Gasteiger partial charge in [-0.1, -0.05) is 43.0 Å². The van der Waals surface area contributed by atoms with E-state index in [2.05, 4.69) is 11.6 Å². The summed E-state index contributed by atoms with van der Waals surface area (Å²) in [5.74, 6) is -0.425. The molecule has 0 atom stereocenters. The van der Waals surface area contributed by atoms with Gasteiger partial charge >= 0.3 is 5.97 Å². The average Bonchev–Trinajstić information content (AvgIpc) is 2.51. The molecule has 0 spiro atoms. The first-order chi connectivity index (χ1) is 9.72. The van der Waals surface area contributed by atoms with Crippen molar-refractivity contribution in [2.75, 3.05) is 7.11 Å². The summed E-state index contributed by atoms with van der Waals surface area (Å²) in [5.41, 5.74) is 2.82. The zero-order valence-corrected chi connectivity index (χ0v) is 11.1. The van der Waals surface area contributed by atoms with E-state index in [-0.39, 0.29) is 0 Å². The van der Waals surface area contributed by atoms with E-state index >= 15 is 0 Å². The summed E-state index contributed by atoms with van der Waals surface area (Å²) >= 11 is 0. The molecular weight excluding hydrogens is 250 g/mol. The second kappa shape index (κ2) is 4.78. The van der Waals surface area contributed by atoms with Crippen LogP contribution in [0.1, 0.15) is 5.56 Å². The van der Waals surface area contributed by atoms with Gasteiger partial charge in [0, 0.05) is 16.3 Å². The van der Waals surface area contributed by atoms with E-state index in [0.29, 0.717) is 5.57 Å². The molecule has 3 aromatic rings. The van der Waals surface area contributed by atoms with Crippen LogP contribution >= 0.6 is 0 Å². The Bertz CT molecular complexity index is 783. The van der Waals surface area contributed by atoms with Crippen molar-refractivity contribution in [2.45, 2.75) is 0 Å². The number of esters is 1. The number of hydrogen-bond acceptors (Lipinski definition) is 3. The molecule has 98 valence electrons. The van der Waals surface area contributed by atoms with E-state index in [9.17, 15) is 4.79 Å². The van der Waals surface area contributed by atoms with Crippen LogP contribution in [0.25, 0.3) is 27.4 Å². The van der Waals surface area contributed by atoms with Crippen LogP contribution in [0.2, 0.25) is 0 Å². The lowest BCUT2D eigenvalue weighted by atomic mass is 9.97. The molecule has 3 heteroatoms. The molecule has 1 aromatic heterocycles. The monoisotopic (exact) mass is 263 g/mol. The normalized spacial score (nSPS) is 10.7. The van der Waals surface area contributed by atoms with Gasteiger partial charge in [-0.25, -0.2) is 9.78 Å². The van der Waals surface area contributed by atoms with E-state index in [0.717, 1.165) is 27.4 Å². The lowest BCUT2D eigenvalue weighted by molar-refractivity contribution is -0.133. The third-order valence-corrected chi connectivity index (χ3v) is 3.32. The van der Waals surface area contributed by atoms with Gasteiger partial charge < -0.3 is 4.74 Å². The lowest BCUT2D eigenvalue weighted by Gasteiger charge is -2.11. The Morgan fingerprint density at radius 2 is 1.50 bits per heavy atom. The summed E-state index contributed by atoms with van der Waals surface area (Å²) in [6.45, 7) is 3.89. The zero-order chi connectivity index (χ0) is 14.1. The summed E-state index contributed by atoms with van der Waals surface area (Å²) in [4.78, 5) is 16.5. The smallest absolute Gasteiger partial charge is 0.337 e. The molecule has 2 aromatic carbocycles. The number of fused-ring (bicyclic) bond motifs is 2.